The lowest BCUT2D eigenvalue weighted by Gasteiger charge is -2.33. The van der Waals surface area contributed by atoms with E-state index in [1.807, 2.05) is 61.5 Å². The van der Waals surface area contributed by atoms with Gasteiger partial charge in [-0.25, -0.2) is 13.4 Å². The summed E-state index contributed by atoms with van der Waals surface area (Å²) in [5.41, 5.74) is 2.07. The first-order chi connectivity index (χ1) is 15.5. The zero-order valence-electron chi connectivity index (χ0n) is 17.8. The van der Waals surface area contributed by atoms with Gasteiger partial charge in [0.25, 0.3) is 5.91 Å². The number of carbonyl (C=O) groups is 1. The van der Waals surface area contributed by atoms with Crippen LogP contribution in [0.5, 0.6) is 5.75 Å². The Morgan fingerprint density at radius 2 is 1.72 bits per heavy atom. The van der Waals surface area contributed by atoms with Gasteiger partial charge in [-0.3, -0.25) is 4.79 Å². The molecule has 1 aromatic heterocycles. The summed E-state index contributed by atoms with van der Waals surface area (Å²) in [4.78, 5) is 19.1. The number of sulfonamides is 1. The normalized spacial score (nSPS) is 15.0. The summed E-state index contributed by atoms with van der Waals surface area (Å²) in [5.74, 6) is 0.599. The molecule has 2 aromatic carbocycles. The van der Waals surface area contributed by atoms with Crippen molar-refractivity contribution in [1.82, 2.24) is 14.2 Å². The van der Waals surface area contributed by atoms with Crippen LogP contribution in [0.3, 0.4) is 0 Å². The predicted molar refractivity (Wildman–Crippen MR) is 125 cm³/mol. The largest absolute Gasteiger partial charge is 0.494 e. The molecule has 0 N–H and O–H groups in total. The second kappa shape index (κ2) is 9.81. The van der Waals surface area contributed by atoms with Gasteiger partial charge in [-0.15, -0.1) is 11.3 Å². The maximum absolute atomic E-state index is 12.9. The number of rotatable bonds is 7. The van der Waals surface area contributed by atoms with Gasteiger partial charge in [0.15, 0.2) is 0 Å². The van der Waals surface area contributed by atoms with E-state index in [1.54, 1.807) is 10.3 Å². The van der Waals surface area contributed by atoms with E-state index in [-0.39, 0.29) is 24.7 Å². The Kier molecular flexibility index (Phi) is 6.88. The molecule has 2 heterocycles. The zero-order chi connectivity index (χ0) is 22.6. The summed E-state index contributed by atoms with van der Waals surface area (Å²) < 4.78 is 32.4. The van der Waals surface area contributed by atoms with E-state index in [9.17, 15) is 13.2 Å². The fourth-order valence-electron chi connectivity index (χ4n) is 3.57. The maximum atomic E-state index is 12.9. The number of aromatic nitrogens is 1. The van der Waals surface area contributed by atoms with E-state index in [2.05, 4.69) is 4.98 Å². The smallest absolute Gasteiger partial charge is 0.273 e. The molecule has 168 valence electrons. The summed E-state index contributed by atoms with van der Waals surface area (Å²) in [7, 11) is -3.42. The highest BCUT2D eigenvalue weighted by molar-refractivity contribution is 7.88. The van der Waals surface area contributed by atoms with E-state index in [1.165, 1.54) is 15.6 Å². The van der Waals surface area contributed by atoms with E-state index in [0.717, 1.165) is 21.9 Å². The number of nitrogens with zero attached hydrogens (tertiary/aromatic N) is 3. The van der Waals surface area contributed by atoms with Gasteiger partial charge in [0.2, 0.25) is 10.0 Å². The van der Waals surface area contributed by atoms with Crippen LogP contribution in [-0.4, -0.2) is 61.3 Å². The number of hydrogen-bond acceptors (Lipinski definition) is 6. The first-order valence-corrected chi connectivity index (χ1v) is 12.9. The summed E-state index contributed by atoms with van der Waals surface area (Å²) >= 11 is 1.41. The molecule has 1 aliphatic rings. The minimum Gasteiger partial charge on any atom is -0.494 e. The van der Waals surface area contributed by atoms with Crippen molar-refractivity contribution in [2.24, 2.45) is 0 Å². The highest BCUT2D eigenvalue weighted by Crippen LogP contribution is 2.26. The van der Waals surface area contributed by atoms with E-state index in [4.69, 9.17) is 4.74 Å². The number of hydrogen-bond donors (Lipinski definition) is 0. The van der Waals surface area contributed by atoms with Crippen molar-refractivity contribution in [3.63, 3.8) is 0 Å². The Morgan fingerprint density at radius 3 is 2.38 bits per heavy atom. The molecule has 0 aliphatic carbocycles. The SMILES string of the molecule is CCOc1ccc(-c2nc(C(=O)N3CCN(S(=O)(=O)Cc4ccccc4)CC3)cs2)cc1. The van der Waals surface area contributed by atoms with E-state index < -0.39 is 10.0 Å². The molecule has 0 spiro atoms. The van der Waals surface area contributed by atoms with Crippen LogP contribution in [0, 0.1) is 0 Å². The van der Waals surface area contributed by atoms with Gasteiger partial charge in [0.1, 0.15) is 16.5 Å². The predicted octanol–water partition coefficient (Wildman–Crippen LogP) is 3.50. The third-order valence-corrected chi connectivity index (χ3v) is 7.99. The highest BCUT2D eigenvalue weighted by atomic mass is 32.2. The molecule has 0 saturated carbocycles. The van der Waals surface area contributed by atoms with Crippen LogP contribution in [0.2, 0.25) is 0 Å². The second-order valence-electron chi connectivity index (χ2n) is 7.43. The van der Waals surface area contributed by atoms with Gasteiger partial charge in [-0.05, 0) is 36.8 Å². The number of benzene rings is 2. The second-order valence-corrected chi connectivity index (χ2v) is 10.3. The minimum atomic E-state index is -3.42. The quantitative estimate of drug-likeness (QED) is 0.527. The number of thiazole rings is 1. The number of ether oxygens (including phenoxy) is 1. The maximum Gasteiger partial charge on any atom is 0.273 e. The van der Waals surface area contributed by atoms with Gasteiger partial charge in [-0.2, -0.15) is 4.31 Å². The fourth-order valence-corrected chi connectivity index (χ4v) is 5.89. The molecule has 0 radical (unpaired) electrons. The Hall–Kier alpha value is -2.75. The average molecular weight is 472 g/mol. The van der Waals surface area contributed by atoms with Gasteiger partial charge < -0.3 is 9.64 Å². The molecule has 0 atom stereocenters. The number of piperazine rings is 1. The summed E-state index contributed by atoms with van der Waals surface area (Å²) in [6, 6.07) is 16.8. The molecule has 0 bridgehead atoms. The first-order valence-electron chi connectivity index (χ1n) is 10.5. The summed E-state index contributed by atoms with van der Waals surface area (Å²) in [5, 5.41) is 2.52. The average Bonchev–Trinajstić information content (AvgIpc) is 3.30. The van der Waals surface area contributed by atoms with Crippen molar-refractivity contribution in [2.45, 2.75) is 12.7 Å². The van der Waals surface area contributed by atoms with Gasteiger partial charge in [-0.1, -0.05) is 30.3 Å². The van der Waals surface area contributed by atoms with Crippen LogP contribution in [-0.2, 0) is 15.8 Å². The van der Waals surface area contributed by atoms with Crippen LogP contribution < -0.4 is 4.74 Å². The molecule has 32 heavy (non-hydrogen) atoms. The van der Waals surface area contributed by atoms with Crippen molar-refractivity contribution in [1.29, 1.82) is 0 Å². The Bertz CT molecular complexity index is 1150. The summed E-state index contributed by atoms with van der Waals surface area (Å²) in [6.45, 7) is 3.82. The third-order valence-electron chi connectivity index (χ3n) is 5.25. The molecule has 9 heteroatoms. The Labute approximate surface area is 192 Å². The number of amides is 1. The lowest BCUT2D eigenvalue weighted by molar-refractivity contribution is 0.0692. The fraction of sp³-hybridized carbons (Fsp3) is 0.304. The van der Waals surface area contributed by atoms with Gasteiger partial charge in [0.05, 0.1) is 12.4 Å². The molecule has 7 nitrogen and oxygen atoms in total. The van der Waals surface area contributed by atoms with Crippen LogP contribution >= 0.6 is 11.3 Å². The highest BCUT2D eigenvalue weighted by Gasteiger charge is 2.30. The topological polar surface area (TPSA) is 79.8 Å². The van der Waals surface area contributed by atoms with Crippen LogP contribution in [0.1, 0.15) is 23.0 Å². The van der Waals surface area contributed by atoms with Crippen LogP contribution in [0.4, 0.5) is 0 Å². The standard InChI is InChI=1S/C23H25N3O4S2/c1-2-30-20-10-8-19(9-11-20)22-24-21(16-31-22)23(27)25-12-14-26(15-13-25)32(28,29)17-18-6-4-3-5-7-18/h3-11,16H,2,12-15,17H2,1H3. The molecular formula is C23H25N3O4S2. The molecule has 1 aliphatic heterocycles. The lowest BCUT2D eigenvalue weighted by Crippen LogP contribution is -2.50. The van der Waals surface area contributed by atoms with E-state index >= 15 is 0 Å². The molecule has 1 saturated heterocycles. The van der Waals surface area contributed by atoms with E-state index in [0.29, 0.717) is 25.4 Å². The monoisotopic (exact) mass is 471 g/mol. The molecule has 1 amide bonds. The minimum absolute atomic E-state index is 0.0285. The zero-order valence-corrected chi connectivity index (χ0v) is 19.4. The Balaban J connectivity index is 1.36. The van der Waals surface area contributed by atoms with Crippen LogP contribution in [0.25, 0.3) is 10.6 Å². The van der Waals surface area contributed by atoms with Crippen molar-refractivity contribution >= 4 is 27.3 Å². The lowest BCUT2D eigenvalue weighted by atomic mass is 10.2. The Morgan fingerprint density at radius 1 is 1.03 bits per heavy atom. The molecule has 4 rings (SSSR count). The summed E-state index contributed by atoms with van der Waals surface area (Å²) in [6.07, 6.45) is 0. The van der Waals surface area contributed by atoms with Crippen molar-refractivity contribution in [3.05, 3.63) is 71.2 Å². The van der Waals surface area contributed by atoms with Crippen LogP contribution in [0.15, 0.2) is 60.0 Å². The molecular weight excluding hydrogens is 446 g/mol. The molecule has 3 aromatic rings. The number of carbonyl (C=O) groups excluding carboxylic acids is 1. The first kappa shape index (κ1) is 22.4. The van der Waals surface area contributed by atoms with Crippen molar-refractivity contribution < 1.29 is 17.9 Å². The van der Waals surface area contributed by atoms with Gasteiger partial charge >= 0.3 is 0 Å². The van der Waals surface area contributed by atoms with Gasteiger partial charge in [0, 0.05) is 37.1 Å². The molecule has 0 unspecified atom stereocenters. The van der Waals surface area contributed by atoms with Crippen molar-refractivity contribution in [2.75, 3.05) is 32.8 Å². The third kappa shape index (κ3) is 5.17. The van der Waals surface area contributed by atoms with Crippen molar-refractivity contribution in [3.8, 4) is 16.3 Å². The molecule has 1 fully saturated rings.